The quantitative estimate of drug-likeness (QED) is 0.641. The predicted molar refractivity (Wildman–Crippen MR) is 88.6 cm³/mol. The van der Waals surface area contributed by atoms with Gasteiger partial charge in [-0.25, -0.2) is 8.42 Å². The molecule has 0 aliphatic carbocycles. The summed E-state index contributed by atoms with van der Waals surface area (Å²) in [6.45, 7) is 1.91. The molecule has 118 valence electrons. The summed E-state index contributed by atoms with van der Waals surface area (Å²) in [7, 11) is -2.07. The van der Waals surface area contributed by atoms with Gasteiger partial charge in [-0.05, 0) is 25.1 Å². The average Bonchev–Trinajstić information content (AvgIpc) is 3.30. The Balaban J connectivity index is 2.00. The van der Waals surface area contributed by atoms with E-state index in [-0.39, 0.29) is 10.9 Å². The Morgan fingerprint density at radius 3 is 2.39 bits per heavy atom. The van der Waals surface area contributed by atoms with Gasteiger partial charge in [0.25, 0.3) is 0 Å². The fourth-order valence-corrected chi connectivity index (χ4v) is 4.40. The fourth-order valence-electron chi connectivity index (χ4n) is 2.72. The first kappa shape index (κ1) is 15.6. The Kier molecular flexibility index (Phi) is 3.88. The first-order valence-electron chi connectivity index (χ1n) is 7.20. The minimum Gasteiger partial charge on any atom is -0.496 e. The second-order valence-electron chi connectivity index (χ2n) is 5.45. The molecule has 3 atom stereocenters. The third kappa shape index (κ3) is 2.61. The third-order valence-electron chi connectivity index (χ3n) is 3.98. The van der Waals surface area contributed by atoms with Crippen LogP contribution in [0.2, 0.25) is 0 Å². The van der Waals surface area contributed by atoms with Crippen molar-refractivity contribution >= 4 is 10.0 Å². The van der Waals surface area contributed by atoms with E-state index in [0.29, 0.717) is 5.75 Å². The number of nitrogens with zero attached hydrogens (tertiary/aromatic N) is 1. The largest absolute Gasteiger partial charge is 0.496 e. The maximum Gasteiger partial charge on any atom is 0.244 e. The molecule has 1 saturated heterocycles. The lowest BCUT2D eigenvalue weighted by atomic mass is 10.1. The number of hydrogen-bond acceptors (Lipinski definition) is 3. The van der Waals surface area contributed by atoms with Gasteiger partial charge in [0, 0.05) is 5.56 Å². The third-order valence-corrected chi connectivity index (χ3v) is 5.86. The number of aryl methyl sites for hydroxylation is 1. The van der Waals surface area contributed by atoms with Crippen molar-refractivity contribution in [2.75, 3.05) is 7.11 Å². The lowest BCUT2D eigenvalue weighted by Crippen LogP contribution is -2.14. The van der Waals surface area contributed by atoms with Gasteiger partial charge in [0.1, 0.15) is 11.8 Å². The molecule has 5 heteroatoms. The van der Waals surface area contributed by atoms with Crippen molar-refractivity contribution in [3.63, 3.8) is 0 Å². The molecule has 0 N–H and O–H groups in total. The lowest BCUT2D eigenvalue weighted by Gasteiger charge is -2.09. The predicted octanol–water partition coefficient (Wildman–Crippen LogP) is 2.75. The van der Waals surface area contributed by atoms with E-state index in [4.69, 9.17) is 11.2 Å². The molecule has 0 aromatic heterocycles. The molecule has 0 amide bonds. The minimum absolute atomic E-state index is 0.251. The molecule has 2 aromatic carbocycles. The second-order valence-corrected chi connectivity index (χ2v) is 7.29. The van der Waals surface area contributed by atoms with Gasteiger partial charge < -0.3 is 4.74 Å². The molecule has 3 unspecified atom stereocenters. The van der Waals surface area contributed by atoms with Gasteiger partial charge in [0.2, 0.25) is 10.0 Å². The normalized spacial score (nSPS) is 23.1. The zero-order chi connectivity index (χ0) is 16.6. The summed E-state index contributed by atoms with van der Waals surface area (Å²) < 4.78 is 32.4. The molecule has 0 radical (unpaired) electrons. The van der Waals surface area contributed by atoms with Crippen molar-refractivity contribution in [2.24, 2.45) is 0 Å². The molecule has 0 saturated carbocycles. The molecule has 0 bridgehead atoms. The Labute approximate surface area is 136 Å². The molecule has 1 fully saturated rings. The number of rotatable bonds is 4. The smallest absolute Gasteiger partial charge is 0.244 e. The monoisotopic (exact) mass is 327 g/mol. The zero-order valence-corrected chi connectivity index (χ0v) is 13.7. The topological polar surface area (TPSA) is 46.4 Å². The van der Waals surface area contributed by atoms with Crippen molar-refractivity contribution < 1.29 is 13.2 Å². The SMILES string of the molecule is C#CC1C(c2ccccc2OC)N1S(=O)(=O)c1ccc(C)cc1. The number of para-hydroxylation sites is 1. The Morgan fingerprint density at radius 2 is 1.78 bits per heavy atom. The highest BCUT2D eigenvalue weighted by Crippen LogP contribution is 2.49. The summed E-state index contributed by atoms with van der Waals surface area (Å²) in [5.74, 6) is 3.21. The molecule has 0 spiro atoms. The maximum atomic E-state index is 12.8. The molecular weight excluding hydrogens is 310 g/mol. The number of hydrogen-bond donors (Lipinski definition) is 0. The van der Waals surface area contributed by atoms with Crippen molar-refractivity contribution in [3.8, 4) is 18.1 Å². The molecule has 1 aliphatic heterocycles. The van der Waals surface area contributed by atoms with Gasteiger partial charge >= 0.3 is 0 Å². The molecule has 1 aliphatic rings. The molecule has 1 heterocycles. The standard InChI is InChI=1S/C18H17NO3S/c1-4-16-18(15-7-5-6-8-17(15)22-3)19(16)23(20,21)14-11-9-13(2)10-12-14/h1,5-12,16,18H,2-3H3. The second kappa shape index (κ2) is 5.73. The van der Waals surface area contributed by atoms with Gasteiger partial charge in [-0.3, -0.25) is 0 Å². The number of ether oxygens (including phenoxy) is 1. The highest BCUT2D eigenvalue weighted by atomic mass is 32.2. The van der Waals surface area contributed by atoms with E-state index >= 15 is 0 Å². The van der Waals surface area contributed by atoms with E-state index in [1.807, 2.05) is 25.1 Å². The van der Waals surface area contributed by atoms with Crippen LogP contribution >= 0.6 is 0 Å². The van der Waals surface area contributed by atoms with E-state index < -0.39 is 16.1 Å². The molecular formula is C18H17NO3S. The van der Waals surface area contributed by atoms with Crippen LogP contribution in [0.15, 0.2) is 53.4 Å². The Hall–Kier alpha value is -2.29. The Morgan fingerprint density at radius 1 is 1.13 bits per heavy atom. The van der Waals surface area contributed by atoms with Crippen molar-refractivity contribution in [2.45, 2.75) is 23.9 Å². The first-order chi connectivity index (χ1) is 11.0. The van der Waals surface area contributed by atoms with Crippen LogP contribution in [-0.2, 0) is 10.0 Å². The molecule has 2 aromatic rings. The number of methoxy groups -OCH3 is 1. The van der Waals surface area contributed by atoms with E-state index in [1.165, 1.54) is 4.31 Å². The van der Waals surface area contributed by atoms with Crippen LogP contribution in [0.3, 0.4) is 0 Å². The summed E-state index contributed by atoms with van der Waals surface area (Å²) in [5, 5.41) is 0. The van der Waals surface area contributed by atoms with Gasteiger partial charge in [-0.1, -0.05) is 41.8 Å². The highest BCUT2D eigenvalue weighted by molar-refractivity contribution is 7.89. The first-order valence-corrected chi connectivity index (χ1v) is 8.64. The number of terminal acetylenes is 1. The fraction of sp³-hybridized carbons (Fsp3) is 0.222. The van der Waals surface area contributed by atoms with Crippen LogP contribution in [-0.4, -0.2) is 25.9 Å². The maximum absolute atomic E-state index is 12.8. The van der Waals surface area contributed by atoms with E-state index in [9.17, 15) is 8.42 Å². The van der Waals surface area contributed by atoms with Gasteiger partial charge in [-0.15, -0.1) is 6.42 Å². The summed E-state index contributed by atoms with van der Waals surface area (Å²) in [5.41, 5.74) is 1.79. The van der Waals surface area contributed by atoms with Crippen LogP contribution < -0.4 is 4.74 Å². The van der Waals surface area contributed by atoms with E-state index in [2.05, 4.69) is 5.92 Å². The van der Waals surface area contributed by atoms with Gasteiger partial charge in [-0.2, -0.15) is 4.31 Å². The number of sulfonamides is 1. The van der Waals surface area contributed by atoms with Crippen molar-refractivity contribution in [3.05, 3.63) is 59.7 Å². The van der Waals surface area contributed by atoms with E-state index in [1.54, 1.807) is 37.4 Å². The van der Waals surface area contributed by atoms with E-state index in [0.717, 1.165) is 11.1 Å². The highest BCUT2D eigenvalue weighted by Gasteiger charge is 2.56. The van der Waals surface area contributed by atoms with Crippen molar-refractivity contribution in [1.29, 1.82) is 0 Å². The summed E-state index contributed by atoms with van der Waals surface area (Å²) in [6.07, 6.45) is 5.55. The molecule has 3 rings (SSSR count). The summed E-state index contributed by atoms with van der Waals surface area (Å²) >= 11 is 0. The molecule has 4 nitrogen and oxygen atoms in total. The Bertz CT molecular complexity index is 866. The van der Waals surface area contributed by atoms with Crippen molar-refractivity contribution in [1.82, 2.24) is 4.31 Å². The van der Waals surface area contributed by atoms with Crippen LogP contribution in [0.1, 0.15) is 17.2 Å². The van der Waals surface area contributed by atoms with Crippen LogP contribution in [0.25, 0.3) is 0 Å². The van der Waals surface area contributed by atoms with Crippen LogP contribution in [0.4, 0.5) is 0 Å². The van der Waals surface area contributed by atoms with Crippen LogP contribution in [0.5, 0.6) is 5.75 Å². The zero-order valence-electron chi connectivity index (χ0n) is 12.9. The minimum atomic E-state index is -3.63. The summed E-state index contributed by atoms with van der Waals surface area (Å²) in [4.78, 5) is 0.251. The molecule has 23 heavy (non-hydrogen) atoms. The van der Waals surface area contributed by atoms with Crippen LogP contribution in [0, 0.1) is 19.3 Å². The van der Waals surface area contributed by atoms with Gasteiger partial charge in [0.15, 0.2) is 0 Å². The average molecular weight is 327 g/mol. The number of benzene rings is 2. The lowest BCUT2D eigenvalue weighted by molar-refractivity contribution is 0.408. The summed E-state index contributed by atoms with van der Waals surface area (Å²) in [6, 6.07) is 13.2. The van der Waals surface area contributed by atoms with Gasteiger partial charge in [0.05, 0.1) is 18.0 Å².